The molecule has 1 N–H and O–H groups in total. The van der Waals surface area contributed by atoms with Crippen LogP contribution >= 0.6 is 23.4 Å². The number of carbonyl (C=O) groups excluding carboxylic acids is 1. The maximum absolute atomic E-state index is 13.2. The van der Waals surface area contributed by atoms with Crippen LogP contribution in [0.15, 0.2) is 76.8 Å². The third-order valence-electron chi connectivity index (χ3n) is 4.64. The molecular weight excluding hydrogens is 448 g/mol. The summed E-state index contributed by atoms with van der Waals surface area (Å²) in [6.07, 6.45) is 1.59. The van der Waals surface area contributed by atoms with E-state index >= 15 is 0 Å². The van der Waals surface area contributed by atoms with Gasteiger partial charge in [-0.3, -0.25) is 14.2 Å². The van der Waals surface area contributed by atoms with Gasteiger partial charge in [0.15, 0.2) is 10.8 Å². The van der Waals surface area contributed by atoms with Gasteiger partial charge in [-0.15, -0.1) is 0 Å². The maximum atomic E-state index is 13.2. The molecule has 0 radical (unpaired) electrons. The van der Waals surface area contributed by atoms with E-state index in [4.69, 9.17) is 16.3 Å². The van der Waals surface area contributed by atoms with Crippen molar-refractivity contribution in [3.05, 3.63) is 87.8 Å². The number of nitrogens with one attached hydrogen (secondary N) is 1. The van der Waals surface area contributed by atoms with Gasteiger partial charge in [0.2, 0.25) is 5.91 Å². The quantitative estimate of drug-likeness (QED) is 0.324. The number of benzene rings is 2. The van der Waals surface area contributed by atoms with Gasteiger partial charge in [-0.05, 0) is 48.0 Å². The van der Waals surface area contributed by atoms with Gasteiger partial charge in [-0.1, -0.05) is 41.6 Å². The van der Waals surface area contributed by atoms with Crippen molar-refractivity contribution >= 4 is 46.0 Å². The standard InChI is InChI=1S/C23H19ClN4O3S/c1-31-18-9-7-15(8-10-18)13-28-22(30)19-6-3-11-25-21(19)27-23(28)32-14-20(29)26-17-5-2-4-16(24)12-17/h2-12H,13-14H2,1H3,(H,26,29). The molecule has 0 saturated carbocycles. The van der Waals surface area contributed by atoms with Gasteiger partial charge in [0.25, 0.3) is 5.56 Å². The van der Waals surface area contributed by atoms with Crippen molar-refractivity contribution < 1.29 is 9.53 Å². The number of halogens is 1. The van der Waals surface area contributed by atoms with Crippen molar-refractivity contribution in [3.63, 3.8) is 0 Å². The fraction of sp³-hybridized carbons (Fsp3) is 0.130. The Balaban J connectivity index is 1.60. The number of amides is 1. The molecule has 4 aromatic rings. The Labute approximate surface area is 193 Å². The molecule has 0 atom stereocenters. The van der Waals surface area contributed by atoms with Gasteiger partial charge in [-0.25, -0.2) is 9.97 Å². The summed E-state index contributed by atoms with van der Waals surface area (Å²) < 4.78 is 6.76. The van der Waals surface area contributed by atoms with Crippen LogP contribution in [0.1, 0.15) is 5.56 Å². The van der Waals surface area contributed by atoms with E-state index in [2.05, 4.69) is 15.3 Å². The summed E-state index contributed by atoms with van der Waals surface area (Å²) in [5, 5.41) is 4.17. The second-order valence-electron chi connectivity index (χ2n) is 6.86. The average molecular weight is 467 g/mol. The van der Waals surface area contributed by atoms with Gasteiger partial charge < -0.3 is 10.1 Å². The lowest BCUT2D eigenvalue weighted by molar-refractivity contribution is -0.113. The molecule has 0 unspecified atom stereocenters. The smallest absolute Gasteiger partial charge is 0.263 e. The fourth-order valence-electron chi connectivity index (χ4n) is 3.09. The molecule has 0 fully saturated rings. The summed E-state index contributed by atoms with van der Waals surface area (Å²) in [5.41, 5.74) is 1.65. The molecule has 7 nitrogen and oxygen atoms in total. The highest BCUT2D eigenvalue weighted by atomic mass is 35.5. The molecule has 0 bridgehead atoms. The number of hydrogen-bond donors (Lipinski definition) is 1. The number of pyridine rings is 1. The third kappa shape index (κ3) is 5.09. The first-order valence-corrected chi connectivity index (χ1v) is 11.1. The molecule has 32 heavy (non-hydrogen) atoms. The second kappa shape index (κ2) is 9.84. The van der Waals surface area contributed by atoms with Crippen molar-refractivity contribution in [2.45, 2.75) is 11.7 Å². The van der Waals surface area contributed by atoms with E-state index in [0.29, 0.717) is 33.4 Å². The Hall–Kier alpha value is -3.36. The van der Waals surface area contributed by atoms with Crippen LogP contribution in [0.4, 0.5) is 5.69 Å². The maximum Gasteiger partial charge on any atom is 0.263 e. The summed E-state index contributed by atoms with van der Waals surface area (Å²) in [6.45, 7) is 0.304. The van der Waals surface area contributed by atoms with Crippen LogP contribution in [-0.2, 0) is 11.3 Å². The topological polar surface area (TPSA) is 86.1 Å². The van der Waals surface area contributed by atoms with Crippen LogP contribution < -0.4 is 15.6 Å². The van der Waals surface area contributed by atoms with Crippen LogP contribution in [0, 0.1) is 0 Å². The van der Waals surface area contributed by atoms with Crippen LogP contribution in [-0.4, -0.2) is 33.3 Å². The average Bonchev–Trinajstić information content (AvgIpc) is 2.80. The molecule has 0 aliphatic heterocycles. The molecule has 4 rings (SSSR count). The Kier molecular flexibility index (Phi) is 6.72. The Morgan fingerprint density at radius 3 is 2.72 bits per heavy atom. The highest BCUT2D eigenvalue weighted by Crippen LogP contribution is 2.20. The first-order chi connectivity index (χ1) is 15.5. The summed E-state index contributed by atoms with van der Waals surface area (Å²) in [6, 6.07) is 17.8. The minimum Gasteiger partial charge on any atom is -0.497 e. The molecule has 1 amide bonds. The van der Waals surface area contributed by atoms with E-state index in [1.165, 1.54) is 11.8 Å². The number of hydrogen-bond acceptors (Lipinski definition) is 6. The lowest BCUT2D eigenvalue weighted by Crippen LogP contribution is -2.25. The Bertz CT molecular complexity index is 1330. The largest absolute Gasteiger partial charge is 0.497 e. The van der Waals surface area contributed by atoms with Gasteiger partial charge in [0.05, 0.1) is 24.8 Å². The predicted octanol–water partition coefficient (Wildman–Crippen LogP) is 4.23. The molecule has 2 heterocycles. The van der Waals surface area contributed by atoms with E-state index in [9.17, 15) is 9.59 Å². The number of methoxy groups -OCH3 is 1. The molecule has 2 aromatic carbocycles. The number of rotatable bonds is 7. The fourth-order valence-corrected chi connectivity index (χ4v) is 4.07. The minimum atomic E-state index is -0.233. The SMILES string of the molecule is COc1ccc(Cn2c(SCC(=O)Nc3cccc(Cl)c3)nc3ncccc3c2=O)cc1. The first kappa shape index (κ1) is 21.9. The van der Waals surface area contributed by atoms with Crippen molar-refractivity contribution in [3.8, 4) is 5.75 Å². The molecule has 2 aromatic heterocycles. The number of nitrogens with zero attached hydrogens (tertiary/aromatic N) is 3. The van der Waals surface area contributed by atoms with Gasteiger partial charge in [-0.2, -0.15) is 0 Å². The highest BCUT2D eigenvalue weighted by Gasteiger charge is 2.15. The van der Waals surface area contributed by atoms with Crippen molar-refractivity contribution in [2.24, 2.45) is 0 Å². The minimum absolute atomic E-state index is 0.0694. The summed E-state index contributed by atoms with van der Waals surface area (Å²) in [4.78, 5) is 34.4. The number of carbonyl (C=O) groups is 1. The van der Waals surface area contributed by atoms with Gasteiger partial charge >= 0.3 is 0 Å². The molecule has 0 saturated heterocycles. The number of thioether (sulfide) groups is 1. The Morgan fingerprint density at radius 1 is 1.16 bits per heavy atom. The summed E-state index contributed by atoms with van der Waals surface area (Å²) in [5.74, 6) is 0.567. The van der Waals surface area contributed by atoms with Crippen molar-refractivity contribution in [1.82, 2.24) is 14.5 Å². The van der Waals surface area contributed by atoms with Crippen LogP contribution in [0.5, 0.6) is 5.75 Å². The van der Waals surface area contributed by atoms with E-state index in [1.807, 2.05) is 24.3 Å². The first-order valence-electron chi connectivity index (χ1n) is 9.70. The number of fused-ring (bicyclic) bond motifs is 1. The Morgan fingerprint density at radius 2 is 1.97 bits per heavy atom. The molecule has 162 valence electrons. The number of aromatic nitrogens is 3. The zero-order chi connectivity index (χ0) is 22.5. The molecule has 0 aliphatic carbocycles. The molecular formula is C23H19ClN4O3S. The van der Waals surface area contributed by atoms with Gasteiger partial charge in [0.1, 0.15) is 5.75 Å². The third-order valence-corrected chi connectivity index (χ3v) is 5.85. The van der Waals surface area contributed by atoms with Crippen LogP contribution in [0.2, 0.25) is 5.02 Å². The molecule has 9 heteroatoms. The van der Waals surface area contributed by atoms with Crippen LogP contribution in [0.25, 0.3) is 11.0 Å². The van der Waals surface area contributed by atoms with E-state index in [-0.39, 0.29) is 17.2 Å². The molecule has 0 spiro atoms. The molecule has 0 aliphatic rings. The lowest BCUT2D eigenvalue weighted by Gasteiger charge is -2.13. The normalized spacial score (nSPS) is 10.8. The summed E-state index contributed by atoms with van der Waals surface area (Å²) in [7, 11) is 1.60. The van der Waals surface area contributed by atoms with E-state index < -0.39 is 0 Å². The van der Waals surface area contributed by atoms with Gasteiger partial charge in [0, 0.05) is 16.9 Å². The second-order valence-corrected chi connectivity index (χ2v) is 8.23. The number of anilines is 1. The van der Waals surface area contributed by atoms with E-state index in [1.54, 1.807) is 54.3 Å². The van der Waals surface area contributed by atoms with Crippen LogP contribution in [0.3, 0.4) is 0 Å². The monoisotopic (exact) mass is 466 g/mol. The number of ether oxygens (including phenoxy) is 1. The summed E-state index contributed by atoms with van der Waals surface area (Å²) >= 11 is 7.15. The predicted molar refractivity (Wildman–Crippen MR) is 127 cm³/mol. The zero-order valence-corrected chi connectivity index (χ0v) is 18.7. The van der Waals surface area contributed by atoms with E-state index in [0.717, 1.165) is 11.3 Å². The highest BCUT2D eigenvalue weighted by molar-refractivity contribution is 7.99. The van der Waals surface area contributed by atoms with Crippen molar-refractivity contribution in [2.75, 3.05) is 18.2 Å². The zero-order valence-electron chi connectivity index (χ0n) is 17.1. The lowest BCUT2D eigenvalue weighted by atomic mass is 10.2. The van der Waals surface area contributed by atoms with Crippen molar-refractivity contribution in [1.29, 1.82) is 0 Å².